The summed E-state index contributed by atoms with van der Waals surface area (Å²) in [7, 11) is 1.62. The Hall–Kier alpha value is -1.75. The van der Waals surface area contributed by atoms with Crippen LogP contribution in [0.3, 0.4) is 0 Å². The van der Waals surface area contributed by atoms with Crippen molar-refractivity contribution in [2.45, 2.75) is 19.3 Å². The zero-order valence-corrected chi connectivity index (χ0v) is 11.4. The molecule has 0 aliphatic heterocycles. The second-order valence-electron chi connectivity index (χ2n) is 4.17. The van der Waals surface area contributed by atoms with Gasteiger partial charge in [0.2, 0.25) is 5.91 Å². The van der Waals surface area contributed by atoms with Gasteiger partial charge < -0.3 is 20.5 Å². The third-order valence-electron chi connectivity index (χ3n) is 2.63. The van der Waals surface area contributed by atoms with E-state index in [2.05, 4.69) is 5.32 Å². The zero-order chi connectivity index (χ0) is 13.9. The van der Waals surface area contributed by atoms with Crippen LogP contribution in [-0.4, -0.2) is 32.7 Å². The van der Waals surface area contributed by atoms with E-state index in [0.29, 0.717) is 13.0 Å². The van der Waals surface area contributed by atoms with Crippen molar-refractivity contribution in [1.29, 1.82) is 0 Å². The van der Waals surface area contributed by atoms with Gasteiger partial charge in [-0.3, -0.25) is 4.79 Å². The lowest BCUT2D eigenvalue weighted by molar-refractivity contribution is -0.118. The Bertz CT molecular complexity index is 383. The maximum Gasteiger partial charge on any atom is 0.217 e. The molecule has 1 rings (SSSR count). The van der Waals surface area contributed by atoms with Crippen molar-refractivity contribution in [3.8, 4) is 11.5 Å². The van der Waals surface area contributed by atoms with E-state index < -0.39 is 0 Å². The predicted octanol–water partition coefficient (Wildman–Crippen LogP) is 1.32. The van der Waals surface area contributed by atoms with Crippen LogP contribution in [-0.2, 0) is 4.79 Å². The Balaban J connectivity index is 2.06. The molecule has 0 heterocycles. The molecule has 0 aliphatic carbocycles. The fraction of sp³-hybridized carbons (Fsp3) is 0.500. The third-order valence-corrected chi connectivity index (χ3v) is 2.63. The number of ether oxygens (including phenoxy) is 2. The number of carbonyl (C=O) groups is 1. The second-order valence-corrected chi connectivity index (χ2v) is 4.17. The average molecular weight is 266 g/mol. The van der Waals surface area contributed by atoms with Gasteiger partial charge in [-0.2, -0.15) is 0 Å². The lowest BCUT2D eigenvalue weighted by atomic mass is 10.2. The van der Waals surface area contributed by atoms with E-state index in [1.807, 2.05) is 24.3 Å². The SMILES string of the molecule is COc1ccccc1OCCNCCCCC(N)=O. The van der Waals surface area contributed by atoms with Crippen LogP contribution in [0.4, 0.5) is 0 Å². The molecule has 1 amide bonds. The fourth-order valence-corrected chi connectivity index (χ4v) is 1.65. The maximum atomic E-state index is 10.5. The summed E-state index contributed by atoms with van der Waals surface area (Å²) in [6, 6.07) is 7.57. The minimum absolute atomic E-state index is 0.237. The molecule has 1 aromatic rings. The van der Waals surface area contributed by atoms with E-state index in [-0.39, 0.29) is 5.91 Å². The highest BCUT2D eigenvalue weighted by atomic mass is 16.5. The van der Waals surface area contributed by atoms with Crippen LogP contribution in [0, 0.1) is 0 Å². The van der Waals surface area contributed by atoms with Crippen molar-refractivity contribution in [3.63, 3.8) is 0 Å². The summed E-state index contributed by atoms with van der Waals surface area (Å²) >= 11 is 0. The highest BCUT2D eigenvalue weighted by Gasteiger charge is 2.01. The number of primary amides is 1. The van der Waals surface area contributed by atoms with Crippen LogP contribution in [0.2, 0.25) is 0 Å². The monoisotopic (exact) mass is 266 g/mol. The summed E-state index contributed by atoms with van der Waals surface area (Å²) in [5.41, 5.74) is 5.06. The highest BCUT2D eigenvalue weighted by Crippen LogP contribution is 2.25. The van der Waals surface area contributed by atoms with Gasteiger partial charge in [-0.25, -0.2) is 0 Å². The first-order valence-electron chi connectivity index (χ1n) is 6.49. The third kappa shape index (κ3) is 6.67. The van der Waals surface area contributed by atoms with Crippen LogP contribution in [0.15, 0.2) is 24.3 Å². The maximum absolute atomic E-state index is 10.5. The van der Waals surface area contributed by atoms with Crippen molar-refractivity contribution >= 4 is 5.91 Å². The average Bonchev–Trinajstić information content (AvgIpc) is 2.42. The minimum Gasteiger partial charge on any atom is -0.493 e. The number of nitrogens with two attached hydrogens (primary N) is 1. The van der Waals surface area contributed by atoms with Gasteiger partial charge in [-0.15, -0.1) is 0 Å². The van der Waals surface area contributed by atoms with Gasteiger partial charge in [0, 0.05) is 13.0 Å². The number of carbonyl (C=O) groups excluding carboxylic acids is 1. The van der Waals surface area contributed by atoms with E-state index in [9.17, 15) is 4.79 Å². The molecule has 19 heavy (non-hydrogen) atoms. The largest absolute Gasteiger partial charge is 0.493 e. The summed E-state index contributed by atoms with van der Waals surface area (Å²) in [6.45, 7) is 2.20. The van der Waals surface area contributed by atoms with Crippen LogP contribution in [0.1, 0.15) is 19.3 Å². The number of hydrogen-bond acceptors (Lipinski definition) is 4. The van der Waals surface area contributed by atoms with E-state index in [0.717, 1.165) is 37.4 Å². The van der Waals surface area contributed by atoms with Crippen molar-refractivity contribution in [1.82, 2.24) is 5.32 Å². The molecule has 0 atom stereocenters. The van der Waals surface area contributed by atoms with Gasteiger partial charge in [0.15, 0.2) is 11.5 Å². The molecule has 0 radical (unpaired) electrons. The molecular formula is C14H22N2O3. The first kappa shape index (κ1) is 15.3. The molecule has 1 aromatic carbocycles. The van der Waals surface area contributed by atoms with Crippen molar-refractivity contribution in [2.75, 3.05) is 26.8 Å². The molecule has 3 N–H and O–H groups in total. The molecule has 0 saturated heterocycles. The number of methoxy groups -OCH3 is 1. The number of rotatable bonds is 10. The Morgan fingerprint density at radius 1 is 1.21 bits per heavy atom. The number of unbranched alkanes of at least 4 members (excludes halogenated alkanes) is 1. The first-order chi connectivity index (χ1) is 9.24. The molecule has 0 fully saturated rings. The molecule has 106 valence electrons. The standard InChI is InChI=1S/C14H22N2O3/c1-18-12-6-2-3-7-13(12)19-11-10-16-9-5-4-8-14(15)17/h2-3,6-7,16H,4-5,8-11H2,1H3,(H2,15,17). The number of amides is 1. The van der Waals surface area contributed by atoms with E-state index in [4.69, 9.17) is 15.2 Å². The number of para-hydroxylation sites is 2. The fourth-order valence-electron chi connectivity index (χ4n) is 1.65. The highest BCUT2D eigenvalue weighted by molar-refractivity contribution is 5.73. The van der Waals surface area contributed by atoms with Gasteiger partial charge in [0.1, 0.15) is 6.61 Å². The molecule has 0 aromatic heterocycles. The lowest BCUT2D eigenvalue weighted by Gasteiger charge is -2.10. The zero-order valence-electron chi connectivity index (χ0n) is 11.4. The van der Waals surface area contributed by atoms with Gasteiger partial charge >= 0.3 is 0 Å². The molecule has 5 nitrogen and oxygen atoms in total. The molecular weight excluding hydrogens is 244 g/mol. The quantitative estimate of drug-likeness (QED) is 0.626. The van der Waals surface area contributed by atoms with Crippen molar-refractivity contribution in [3.05, 3.63) is 24.3 Å². The van der Waals surface area contributed by atoms with Crippen molar-refractivity contribution < 1.29 is 14.3 Å². The smallest absolute Gasteiger partial charge is 0.217 e. The van der Waals surface area contributed by atoms with Crippen LogP contribution in [0.5, 0.6) is 11.5 Å². The summed E-state index contributed by atoms with van der Waals surface area (Å²) in [5.74, 6) is 1.25. The van der Waals surface area contributed by atoms with Gasteiger partial charge in [-0.1, -0.05) is 12.1 Å². The minimum atomic E-state index is -0.237. The normalized spacial score (nSPS) is 10.2. The summed E-state index contributed by atoms with van der Waals surface area (Å²) < 4.78 is 10.8. The molecule has 0 bridgehead atoms. The molecule has 5 heteroatoms. The molecule has 0 unspecified atom stereocenters. The summed E-state index contributed by atoms with van der Waals surface area (Å²) in [4.78, 5) is 10.5. The van der Waals surface area contributed by atoms with Crippen LogP contribution >= 0.6 is 0 Å². The Labute approximate surface area is 114 Å². The lowest BCUT2D eigenvalue weighted by Crippen LogP contribution is -2.22. The van der Waals surface area contributed by atoms with Crippen LogP contribution in [0.25, 0.3) is 0 Å². The second kappa shape index (κ2) is 9.22. The van der Waals surface area contributed by atoms with Crippen molar-refractivity contribution in [2.24, 2.45) is 5.73 Å². The van der Waals surface area contributed by atoms with E-state index in [1.54, 1.807) is 7.11 Å². The van der Waals surface area contributed by atoms with Gasteiger partial charge in [0.25, 0.3) is 0 Å². The summed E-state index contributed by atoms with van der Waals surface area (Å²) in [6.07, 6.45) is 2.23. The Kier molecular flexibility index (Phi) is 7.43. The Morgan fingerprint density at radius 3 is 2.63 bits per heavy atom. The number of benzene rings is 1. The van der Waals surface area contributed by atoms with E-state index >= 15 is 0 Å². The molecule has 0 saturated carbocycles. The molecule has 0 aliphatic rings. The Morgan fingerprint density at radius 2 is 1.95 bits per heavy atom. The predicted molar refractivity (Wildman–Crippen MR) is 74.4 cm³/mol. The number of nitrogens with one attached hydrogen (secondary N) is 1. The van der Waals surface area contributed by atoms with Gasteiger partial charge in [0.05, 0.1) is 7.11 Å². The topological polar surface area (TPSA) is 73.6 Å². The van der Waals surface area contributed by atoms with Gasteiger partial charge in [-0.05, 0) is 31.5 Å². The van der Waals surface area contributed by atoms with Crippen LogP contribution < -0.4 is 20.5 Å². The van der Waals surface area contributed by atoms with E-state index in [1.165, 1.54) is 0 Å². The molecule has 0 spiro atoms. The number of hydrogen-bond donors (Lipinski definition) is 2. The summed E-state index contributed by atoms with van der Waals surface area (Å²) in [5, 5.41) is 3.25. The first-order valence-corrected chi connectivity index (χ1v) is 6.49.